The number of sulfonamides is 1. The van der Waals surface area contributed by atoms with Crippen LogP contribution in [0, 0.1) is 23.5 Å². The molecule has 1 aromatic carbocycles. The molecule has 2 atom stereocenters. The average Bonchev–Trinajstić information content (AvgIpc) is 2.82. The first-order valence-corrected chi connectivity index (χ1v) is 8.18. The zero-order chi connectivity index (χ0) is 15.6. The molecule has 21 heavy (non-hydrogen) atoms. The van der Waals surface area contributed by atoms with Crippen molar-refractivity contribution >= 4 is 15.7 Å². The maximum Gasteiger partial charge on any atom is 0.246 e. The number of rotatable bonds is 5. The van der Waals surface area contributed by atoms with Crippen molar-refractivity contribution in [2.45, 2.75) is 24.2 Å². The topological polar surface area (TPSA) is 92.4 Å². The summed E-state index contributed by atoms with van der Waals surface area (Å²) in [6, 6.07) is 1.54. The van der Waals surface area contributed by atoms with Crippen molar-refractivity contribution in [3.05, 3.63) is 23.8 Å². The molecule has 0 aliphatic heterocycles. The van der Waals surface area contributed by atoms with E-state index in [-0.39, 0.29) is 30.7 Å². The minimum atomic E-state index is -4.29. The summed E-state index contributed by atoms with van der Waals surface area (Å²) in [5, 5.41) is 9.19. The van der Waals surface area contributed by atoms with Crippen LogP contribution in [0.1, 0.15) is 19.3 Å². The summed E-state index contributed by atoms with van der Waals surface area (Å²) in [6.07, 6.45) is 2.51. The van der Waals surface area contributed by atoms with Crippen LogP contribution >= 0.6 is 0 Å². The monoisotopic (exact) mass is 320 g/mol. The van der Waals surface area contributed by atoms with Crippen LogP contribution in [0.3, 0.4) is 0 Å². The number of hydrogen-bond acceptors (Lipinski definition) is 4. The van der Waals surface area contributed by atoms with Gasteiger partial charge in [0.25, 0.3) is 0 Å². The van der Waals surface area contributed by atoms with E-state index >= 15 is 0 Å². The highest BCUT2D eigenvalue weighted by molar-refractivity contribution is 7.89. The Bertz CT molecular complexity index is 599. The molecule has 2 unspecified atom stereocenters. The average molecular weight is 320 g/mol. The van der Waals surface area contributed by atoms with Gasteiger partial charge in [-0.05, 0) is 36.8 Å². The summed E-state index contributed by atoms with van der Waals surface area (Å²) in [5.74, 6) is -2.44. The third kappa shape index (κ3) is 3.50. The van der Waals surface area contributed by atoms with Crippen molar-refractivity contribution in [3.63, 3.8) is 0 Å². The van der Waals surface area contributed by atoms with Crippen LogP contribution < -0.4 is 10.5 Å². The molecule has 1 aliphatic rings. The molecule has 0 aromatic heterocycles. The first-order chi connectivity index (χ1) is 9.85. The van der Waals surface area contributed by atoms with Gasteiger partial charge in [-0.3, -0.25) is 0 Å². The quantitative estimate of drug-likeness (QED) is 0.712. The minimum Gasteiger partial charge on any atom is -0.399 e. The molecule has 1 aromatic rings. The highest BCUT2D eigenvalue weighted by atomic mass is 32.2. The highest BCUT2D eigenvalue weighted by Gasteiger charge is 2.30. The predicted octanol–water partition coefficient (Wildman–Crippen LogP) is 1.23. The summed E-state index contributed by atoms with van der Waals surface area (Å²) in [6.45, 7) is 0.0355. The SMILES string of the molecule is Nc1cc(F)c(S(=O)(=O)NCC2CCCC2CO)c(F)c1. The third-order valence-electron chi connectivity index (χ3n) is 3.88. The second-order valence-corrected chi connectivity index (χ2v) is 7.00. The largest absolute Gasteiger partial charge is 0.399 e. The fraction of sp³-hybridized carbons (Fsp3) is 0.538. The van der Waals surface area contributed by atoms with Crippen LogP contribution in [0.25, 0.3) is 0 Å². The fourth-order valence-electron chi connectivity index (χ4n) is 2.75. The Balaban J connectivity index is 2.16. The Labute approximate surface area is 122 Å². The van der Waals surface area contributed by atoms with E-state index in [0.29, 0.717) is 0 Å². The summed E-state index contributed by atoms with van der Waals surface area (Å²) >= 11 is 0. The van der Waals surface area contributed by atoms with Crippen molar-refractivity contribution in [2.24, 2.45) is 11.8 Å². The zero-order valence-corrected chi connectivity index (χ0v) is 12.2. The Kier molecular flexibility index (Phi) is 4.80. The van der Waals surface area contributed by atoms with Gasteiger partial charge >= 0.3 is 0 Å². The Morgan fingerprint density at radius 2 is 1.81 bits per heavy atom. The number of halogens is 2. The molecule has 1 aliphatic carbocycles. The van der Waals surface area contributed by atoms with Gasteiger partial charge in [0.15, 0.2) is 4.90 Å². The van der Waals surface area contributed by atoms with Crippen molar-refractivity contribution in [2.75, 3.05) is 18.9 Å². The maximum atomic E-state index is 13.7. The molecular formula is C13H18F2N2O3S. The van der Waals surface area contributed by atoms with Crippen LogP contribution in [0.4, 0.5) is 14.5 Å². The van der Waals surface area contributed by atoms with Crippen LogP contribution in [0.5, 0.6) is 0 Å². The normalized spacial score (nSPS) is 22.6. The van der Waals surface area contributed by atoms with Crippen LogP contribution in [-0.2, 0) is 10.0 Å². The minimum absolute atomic E-state index is 0.0169. The lowest BCUT2D eigenvalue weighted by Crippen LogP contribution is -2.32. The lowest BCUT2D eigenvalue weighted by Gasteiger charge is -2.18. The standard InChI is InChI=1S/C13H18F2N2O3S/c14-11-4-10(16)5-12(15)13(11)21(19,20)17-6-8-2-1-3-9(8)7-18/h4-5,8-9,17-18H,1-3,6-7,16H2. The summed E-state index contributed by atoms with van der Waals surface area (Å²) in [7, 11) is -4.29. The molecule has 8 heteroatoms. The van der Waals surface area contributed by atoms with Crippen LogP contribution in [0.15, 0.2) is 17.0 Å². The third-order valence-corrected chi connectivity index (χ3v) is 5.35. The van der Waals surface area contributed by atoms with E-state index in [1.54, 1.807) is 0 Å². The van der Waals surface area contributed by atoms with Crippen LogP contribution in [-0.4, -0.2) is 26.7 Å². The predicted molar refractivity (Wildman–Crippen MR) is 73.9 cm³/mol. The molecule has 0 spiro atoms. The molecule has 2 rings (SSSR count). The Morgan fingerprint density at radius 1 is 1.24 bits per heavy atom. The summed E-state index contributed by atoms with van der Waals surface area (Å²) in [5.41, 5.74) is 5.08. The van der Waals surface area contributed by atoms with E-state index in [1.165, 1.54) is 0 Å². The first kappa shape index (κ1) is 16.1. The number of anilines is 1. The van der Waals surface area contributed by atoms with Crippen molar-refractivity contribution in [1.29, 1.82) is 0 Å². The molecule has 0 saturated heterocycles. The fourth-order valence-corrected chi connectivity index (χ4v) is 3.96. The number of aliphatic hydroxyl groups excluding tert-OH is 1. The van der Waals surface area contributed by atoms with Crippen molar-refractivity contribution < 1.29 is 22.3 Å². The first-order valence-electron chi connectivity index (χ1n) is 6.70. The molecule has 4 N–H and O–H groups in total. The number of nitrogen functional groups attached to an aromatic ring is 1. The van der Waals surface area contributed by atoms with Gasteiger partial charge in [0.2, 0.25) is 10.0 Å². The molecule has 0 radical (unpaired) electrons. The molecule has 1 saturated carbocycles. The number of hydrogen-bond donors (Lipinski definition) is 3. The molecular weight excluding hydrogens is 302 g/mol. The number of aliphatic hydroxyl groups is 1. The van der Waals surface area contributed by atoms with Gasteiger partial charge in [-0.2, -0.15) is 0 Å². The molecule has 0 heterocycles. The van der Waals surface area contributed by atoms with E-state index in [1.807, 2.05) is 0 Å². The van der Waals surface area contributed by atoms with Gasteiger partial charge in [0, 0.05) is 18.8 Å². The number of nitrogens with two attached hydrogens (primary N) is 1. The summed E-state index contributed by atoms with van der Waals surface area (Å²) in [4.78, 5) is -1.02. The van der Waals surface area contributed by atoms with Gasteiger partial charge in [-0.15, -0.1) is 0 Å². The van der Waals surface area contributed by atoms with E-state index in [9.17, 15) is 22.3 Å². The molecule has 5 nitrogen and oxygen atoms in total. The number of benzene rings is 1. The second kappa shape index (κ2) is 6.25. The zero-order valence-electron chi connectivity index (χ0n) is 11.4. The van der Waals surface area contributed by atoms with Crippen molar-refractivity contribution in [1.82, 2.24) is 4.72 Å². The van der Waals surface area contributed by atoms with Crippen LogP contribution in [0.2, 0.25) is 0 Å². The van der Waals surface area contributed by atoms with E-state index < -0.39 is 26.6 Å². The van der Waals surface area contributed by atoms with E-state index in [2.05, 4.69) is 4.72 Å². The lowest BCUT2D eigenvalue weighted by molar-refractivity contribution is 0.195. The van der Waals surface area contributed by atoms with E-state index in [0.717, 1.165) is 31.4 Å². The Morgan fingerprint density at radius 3 is 2.38 bits per heavy atom. The second-order valence-electron chi connectivity index (χ2n) is 5.30. The van der Waals surface area contributed by atoms with Gasteiger partial charge in [-0.1, -0.05) is 6.42 Å². The van der Waals surface area contributed by atoms with Gasteiger partial charge in [0.05, 0.1) is 0 Å². The van der Waals surface area contributed by atoms with Crippen molar-refractivity contribution in [3.8, 4) is 0 Å². The molecule has 118 valence electrons. The number of nitrogens with one attached hydrogen (secondary N) is 1. The smallest absolute Gasteiger partial charge is 0.246 e. The van der Waals surface area contributed by atoms with E-state index in [4.69, 9.17) is 5.73 Å². The molecule has 0 amide bonds. The molecule has 0 bridgehead atoms. The van der Waals surface area contributed by atoms with Gasteiger partial charge in [-0.25, -0.2) is 21.9 Å². The Hall–Kier alpha value is -1.25. The van der Waals surface area contributed by atoms with Gasteiger partial charge < -0.3 is 10.8 Å². The lowest BCUT2D eigenvalue weighted by atomic mass is 9.97. The highest BCUT2D eigenvalue weighted by Crippen LogP contribution is 2.31. The van der Waals surface area contributed by atoms with Gasteiger partial charge in [0.1, 0.15) is 11.6 Å². The molecule has 1 fully saturated rings. The maximum absolute atomic E-state index is 13.7. The summed E-state index contributed by atoms with van der Waals surface area (Å²) < 4.78 is 53.7.